The van der Waals surface area contributed by atoms with E-state index in [1.54, 1.807) is 0 Å². The van der Waals surface area contributed by atoms with Crippen LogP contribution in [0.2, 0.25) is 0 Å². The molecule has 2 fully saturated rings. The Kier molecular flexibility index (Phi) is 9.39. The number of alkyl halides is 5. The number of halogens is 5. The van der Waals surface area contributed by atoms with E-state index >= 15 is 0 Å². The number of hydrogen-bond acceptors (Lipinski definition) is 2. The highest BCUT2D eigenvalue weighted by Gasteiger charge is 2.42. The van der Waals surface area contributed by atoms with Crippen LogP contribution in [0.1, 0.15) is 112 Å². The molecule has 2 saturated carbocycles. The van der Waals surface area contributed by atoms with Crippen LogP contribution in [-0.2, 0) is 6.18 Å². The Balaban J connectivity index is 1.66. The number of ether oxygens (including phenoxy) is 1. The van der Waals surface area contributed by atoms with Gasteiger partial charge < -0.3 is 4.74 Å². The first-order valence-electron chi connectivity index (χ1n) is 12.8. The van der Waals surface area contributed by atoms with Gasteiger partial charge in [-0.05, 0) is 81.3 Å². The lowest BCUT2D eigenvalue weighted by molar-refractivity contribution is -0.140. The Labute approximate surface area is 199 Å². The predicted molar refractivity (Wildman–Crippen MR) is 122 cm³/mol. The standard InChI is InChI=1S/C27H37F5O2/c1-3-5-17-6-10-19(11-7-17)20-12-8-18(9-13-20)16-22(33)21-14-15-23(34-4-2)24(26(28)29)25(21)27(30,31)32/h14-15,17-20,26H,3-13,16H2,1-2H3. The second kappa shape index (κ2) is 11.9. The summed E-state index contributed by atoms with van der Waals surface area (Å²) in [5.41, 5.74) is -3.44. The van der Waals surface area contributed by atoms with Gasteiger partial charge in [-0.15, -0.1) is 0 Å². The molecule has 0 unspecified atom stereocenters. The summed E-state index contributed by atoms with van der Waals surface area (Å²) in [7, 11) is 0. The third kappa shape index (κ3) is 6.51. The van der Waals surface area contributed by atoms with Gasteiger partial charge in [0.25, 0.3) is 6.43 Å². The summed E-state index contributed by atoms with van der Waals surface area (Å²) in [4.78, 5) is 12.9. The number of ketones is 1. The van der Waals surface area contributed by atoms with Gasteiger partial charge in [0.15, 0.2) is 5.78 Å². The molecule has 0 spiro atoms. The smallest absolute Gasteiger partial charge is 0.417 e. The van der Waals surface area contributed by atoms with Crippen molar-refractivity contribution in [1.82, 2.24) is 0 Å². The van der Waals surface area contributed by atoms with Crippen molar-refractivity contribution in [1.29, 1.82) is 0 Å². The van der Waals surface area contributed by atoms with Crippen molar-refractivity contribution >= 4 is 5.78 Å². The van der Waals surface area contributed by atoms with Crippen LogP contribution in [0.5, 0.6) is 5.75 Å². The Bertz CT molecular complexity index is 804. The number of carbonyl (C=O) groups is 1. The van der Waals surface area contributed by atoms with Crippen molar-refractivity contribution in [2.75, 3.05) is 6.61 Å². The zero-order valence-corrected chi connectivity index (χ0v) is 20.2. The summed E-state index contributed by atoms with van der Waals surface area (Å²) < 4.78 is 73.8. The fourth-order valence-corrected chi connectivity index (χ4v) is 6.23. The van der Waals surface area contributed by atoms with Gasteiger partial charge >= 0.3 is 6.18 Å². The molecule has 1 aromatic rings. The minimum absolute atomic E-state index is 0.00262. The van der Waals surface area contributed by atoms with Crippen molar-refractivity contribution < 1.29 is 31.5 Å². The summed E-state index contributed by atoms with van der Waals surface area (Å²) in [6, 6.07) is 2.07. The van der Waals surface area contributed by atoms with Gasteiger partial charge in [-0.25, -0.2) is 8.78 Å². The Morgan fingerprint density at radius 2 is 1.50 bits per heavy atom. The van der Waals surface area contributed by atoms with Crippen molar-refractivity contribution in [3.63, 3.8) is 0 Å². The quantitative estimate of drug-likeness (QED) is 0.256. The zero-order valence-electron chi connectivity index (χ0n) is 20.2. The van der Waals surface area contributed by atoms with E-state index in [-0.39, 0.29) is 18.9 Å². The van der Waals surface area contributed by atoms with Crippen molar-refractivity contribution in [3.05, 3.63) is 28.8 Å². The molecule has 2 aliphatic rings. The second-order valence-corrected chi connectivity index (χ2v) is 10.1. The summed E-state index contributed by atoms with van der Waals surface area (Å²) in [6.07, 6.45) is 2.77. The van der Waals surface area contributed by atoms with Crippen molar-refractivity contribution in [3.8, 4) is 5.75 Å². The molecule has 0 aromatic heterocycles. The van der Waals surface area contributed by atoms with Gasteiger partial charge in [0.1, 0.15) is 5.75 Å². The van der Waals surface area contributed by atoms with E-state index in [1.807, 2.05) is 0 Å². The molecule has 0 saturated heterocycles. The second-order valence-electron chi connectivity index (χ2n) is 10.1. The first-order valence-corrected chi connectivity index (χ1v) is 12.8. The molecule has 2 aliphatic carbocycles. The number of hydrogen-bond donors (Lipinski definition) is 0. The maximum Gasteiger partial charge on any atom is 0.417 e. The fourth-order valence-electron chi connectivity index (χ4n) is 6.23. The van der Waals surface area contributed by atoms with Crippen LogP contribution in [0, 0.1) is 23.7 Å². The van der Waals surface area contributed by atoms with Crippen LogP contribution in [0.15, 0.2) is 12.1 Å². The molecule has 192 valence electrons. The van der Waals surface area contributed by atoms with Crippen LogP contribution in [0.3, 0.4) is 0 Å². The van der Waals surface area contributed by atoms with E-state index in [0.717, 1.165) is 49.7 Å². The van der Waals surface area contributed by atoms with Crippen LogP contribution < -0.4 is 4.74 Å². The molecule has 0 aliphatic heterocycles. The fraction of sp³-hybridized carbons (Fsp3) is 0.741. The molecular formula is C27H37F5O2. The van der Waals surface area contributed by atoms with E-state index < -0.39 is 40.8 Å². The molecule has 0 amide bonds. The Hall–Kier alpha value is -1.66. The summed E-state index contributed by atoms with van der Waals surface area (Å²) >= 11 is 0. The Morgan fingerprint density at radius 1 is 0.941 bits per heavy atom. The lowest BCUT2D eigenvalue weighted by Gasteiger charge is -2.38. The number of carbonyl (C=O) groups excluding carboxylic acids is 1. The van der Waals surface area contributed by atoms with E-state index in [2.05, 4.69) is 6.92 Å². The first-order chi connectivity index (χ1) is 16.2. The van der Waals surface area contributed by atoms with Crippen LogP contribution in [-0.4, -0.2) is 12.4 Å². The van der Waals surface area contributed by atoms with Gasteiger partial charge in [0.05, 0.1) is 17.7 Å². The summed E-state index contributed by atoms with van der Waals surface area (Å²) in [6.45, 7) is 3.69. The molecule has 0 radical (unpaired) electrons. The summed E-state index contributed by atoms with van der Waals surface area (Å²) in [5, 5.41) is 0. The molecule has 0 heterocycles. The topological polar surface area (TPSA) is 26.3 Å². The van der Waals surface area contributed by atoms with E-state index in [4.69, 9.17) is 4.74 Å². The third-order valence-electron chi connectivity index (χ3n) is 7.93. The maximum absolute atomic E-state index is 13.8. The zero-order chi connectivity index (χ0) is 24.9. The number of Topliss-reactive ketones (excluding diaryl/α,β-unsaturated/α-hetero) is 1. The lowest BCUT2D eigenvalue weighted by Crippen LogP contribution is -2.27. The molecule has 0 bridgehead atoms. The SMILES string of the molecule is CCCC1CCC(C2CCC(CC(=O)c3ccc(OCC)c(C(F)F)c3C(F)(F)F)CC2)CC1. The largest absolute Gasteiger partial charge is 0.493 e. The highest BCUT2D eigenvalue weighted by molar-refractivity contribution is 5.98. The summed E-state index contributed by atoms with van der Waals surface area (Å²) in [5.74, 6) is 0.987. The van der Waals surface area contributed by atoms with E-state index in [9.17, 15) is 26.7 Å². The molecule has 7 heteroatoms. The first kappa shape index (κ1) is 26.9. The van der Waals surface area contributed by atoms with Gasteiger partial charge in [0, 0.05) is 12.0 Å². The van der Waals surface area contributed by atoms with Crippen LogP contribution in [0.4, 0.5) is 22.0 Å². The minimum Gasteiger partial charge on any atom is -0.493 e. The molecule has 1 aromatic carbocycles. The van der Waals surface area contributed by atoms with Gasteiger partial charge in [-0.1, -0.05) is 32.6 Å². The monoisotopic (exact) mass is 488 g/mol. The highest BCUT2D eigenvalue weighted by atomic mass is 19.4. The molecule has 2 nitrogen and oxygen atoms in total. The van der Waals surface area contributed by atoms with E-state index in [0.29, 0.717) is 5.92 Å². The van der Waals surface area contributed by atoms with Crippen LogP contribution >= 0.6 is 0 Å². The number of rotatable bonds is 9. The van der Waals surface area contributed by atoms with Gasteiger partial charge in [0.2, 0.25) is 0 Å². The molecule has 34 heavy (non-hydrogen) atoms. The van der Waals surface area contributed by atoms with Crippen LogP contribution in [0.25, 0.3) is 0 Å². The highest BCUT2D eigenvalue weighted by Crippen LogP contribution is 2.45. The lowest BCUT2D eigenvalue weighted by atomic mass is 9.68. The molecular weight excluding hydrogens is 451 g/mol. The van der Waals surface area contributed by atoms with Gasteiger partial charge in [-0.3, -0.25) is 4.79 Å². The normalized spacial score (nSPS) is 26.0. The minimum atomic E-state index is -5.07. The average molecular weight is 489 g/mol. The average Bonchev–Trinajstić information content (AvgIpc) is 2.79. The van der Waals surface area contributed by atoms with Crippen molar-refractivity contribution in [2.45, 2.75) is 97.1 Å². The Morgan fingerprint density at radius 3 is 1.97 bits per heavy atom. The third-order valence-corrected chi connectivity index (χ3v) is 7.93. The predicted octanol–water partition coefficient (Wildman–Crippen LogP) is 9.03. The van der Waals surface area contributed by atoms with Gasteiger partial charge in [-0.2, -0.15) is 13.2 Å². The molecule has 0 N–H and O–H groups in total. The maximum atomic E-state index is 13.8. The molecule has 0 atom stereocenters. The van der Waals surface area contributed by atoms with Crippen molar-refractivity contribution in [2.24, 2.45) is 23.7 Å². The van der Waals surface area contributed by atoms with E-state index in [1.165, 1.54) is 45.4 Å². The number of benzene rings is 1. The molecule has 3 rings (SSSR count).